The molecule has 84 valence electrons. The van der Waals surface area contributed by atoms with Gasteiger partial charge >= 0.3 is 0 Å². The third kappa shape index (κ3) is 4.40. The van der Waals surface area contributed by atoms with Crippen molar-refractivity contribution < 1.29 is 0 Å². The first-order chi connectivity index (χ1) is 7.09. The van der Waals surface area contributed by atoms with E-state index in [0.29, 0.717) is 5.92 Å². The van der Waals surface area contributed by atoms with Crippen molar-refractivity contribution >= 4 is 0 Å². The maximum absolute atomic E-state index is 5.84. The van der Waals surface area contributed by atoms with E-state index in [2.05, 4.69) is 11.1 Å². The molecule has 0 amide bonds. The van der Waals surface area contributed by atoms with Crippen LogP contribution in [0.5, 0.6) is 0 Å². The zero-order valence-electron chi connectivity index (χ0n) is 9.56. The largest absolute Gasteiger partial charge is 0.328 e. The maximum atomic E-state index is 5.84. The molecule has 0 aliphatic heterocycles. The van der Waals surface area contributed by atoms with Gasteiger partial charge in [-0.05, 0) is 38.8 Å². The Bertz CT molecular complexity index is 259. The van der Waals surface area contributed by atoms with Crippen LogP contribution >= 0.6 is 0 Å². The summed E-state index contributed by atoms with van der Waals surface area (Å²) in [5, 5.41) is 0. The van der Waals surface area contributed by atoms with Gasteiger partial charge in [-0.2, -0.15) is 0 Å². The van der Waals surface area contributed by atoms with Gasteiger partial charge in [0.1, 0.15) is 0 Å². The number of nitrogens with zero attached hydrogens (tertiary/aromatic N) is 1. The average molecular weight is 207 g/mol. The monoisotopic (exact) mass is 207 g/mol. The van der Waals surface area contributed by atoms with E-state index in [1.807, 2.05) is 32.2 Å². The van der Waals surface area contributed by atoms with Gasteiger partial charge in [0, 0.05) is 29.9 Å². The third-order valence-corrected chi connectivity index (χ3v) is 2.42. The van der Waals surface area contributed by atoms with Crippen molar-refractivity contribution in [3.05, 3.63) is 30.1 Å². The van der Waals surface area contributed by atoms with Crippen molar-refractivity contribution in [3.63, 3.8) is 0 Å². The number of pyridine rings is 1. The fraction of sp³-hybridized carbons (Fsp3) is 0.583. The minimum Gasteiger partial charge on any atom is -0.328 e. The third-order valence-electron chi connectivity index (χ3n) is 2.42. The number of nitrogens with two attached hydrogens (primary N) is 2. The first kappa shape index (κ1) is 12.1. The highest BCUT2D eigenvalue weighted by atomic mass is 14.7. The van der Waals surface area contributed by atoms with Crippen LogP contribution in [0.1, 0.15) is 38.3 Å². The van der Waals surface area contributed by atoms with Crippen molar-refractivity contribution in [2.75, 3.05) is 0 Å². The van der Waals surface area contributed by atoms with Crippen molar-refractivity contribution in [1.29, 1.82) is 0 Å². The molecule has 1 aromatic heterocycles. The zero-order chi connectivity index (χ0) is 11.3. The lowest BCUT2D eigenvalue weighted by atomic mass is 9.91. The minimum atomic E-state index is 0.191. The molecule has 0 aromatic carbocycles. The first-order valence-corrected chi connectivity index (χ1v) is 5.51. The minimum absolute atomic E-state index is 0.191. The summed E-state index contributed by atoms with van der Waals surface area (Å²) in [5.41, 5.74) is 12.8. The summed E-state index contributed by atoms with van der Waals surface area (Å²) in [4.78, 5) is 4.37. The van der Waals surface area contributed by atoms with Gasteiger partial charge in [0.25, 0.3) is 0 Å². The molecular weight excluding hydrogens is 186 g/mol. The Balaban J connectivity index is 2.72. The molecule has 3 nitrogen and oxygen atoms in total. The lowest BCUT2D eigenvalue weighted by molar-refractivity contribution is 0.478. The van der Waals surface area contributed by atoms with E-state index < -0.39 is 0 Å². The molecule has 1 aromatic rings. The fourth-order valence-corrected chi connectivity index (χ4v) is 1.85. The SMILES string of the molecule is CC(N)CC(CC(C)N)c1ccccn1. The Labute approximate surface area is 91.9 Å². The molecule has 0 aliphatic carbocycles. The molecule has 0 spiro atoms. The Morgan fingerprint density at radius 3 is 2.13 bits per heavy atom. The highest BCUT2D eigenvalue weighted by Crippen LogP contribution is 2.23. The molecule has 0 bridgehead atoms. The van der Waals surface area contributed by atoms with Gasteiger partial charge < -0.3 is 11.5 Å². The summed E-state index contributed by atoms with van der Waals surface area (Å²) in [5.74, 6) is 0.381. The molecule has 1 heterocycles. The van der Waals surface area contributed by atoms with Gasteiger partial charge in [-0.3, -0.25) is 4.98 Å². The van der Waals surface area contributed by atoms with Crippen LogP contribution in [0, 0.1) is 0 Å². The Morgan fingerprint density at radius 2 is 1.73 bits per heavy atom. The number of rotatable bonds is 5. The highest BCUT2D eigenvalue weighted by molar-refractivity contribution is 5.10. The molecule has 0 fully saturated rings. The summed E-state index contributed by atoms with van der Waals surface area (Å²) in [6, 6.07) is 6.37. The van der Waals surface area contributed by atoms with Crippen LogP contribution in [0.2, 0.25) is 0 Å². The molecule has 3 heteroatoms. The number of aromatic nitrogens is 1. The molecule has 2 atom stereocenters. The Morgan fingerprint density at radius 1 is 1.13 bits per heavy atom. The van der Waals surface area contributed by atoms with Crippen molar-refractivity contribution in [3.8, 4) is 0 Å². The lowest BCUT2D eigenvalue weighted by Gasteiger charge is -2.20. The number of hydrogen-bond donors (Lipinski definition) is 2. The van der Waals surface area contributed by atoms with E-state index in [0.717, 1.165) is 18.5 Å². The van der Waals surface area contributed by atoms with E-state index in [9.17, 15) is 0 Å². The van der Waals surface area contributed by atoms with E-state index >= 15 is 0 Å². The molecule has 0 aliphatic rings. The zero-order valence-corrected chi connectivity index (χ0v) is 9.56. The maximum Gasteiger partial charge on any atom is 0.0435 e. The summed E-state index contributed by atoms with van der Waals surface area (Å²) >= 11 is 0. The molecule has 0 radical (unpaired) electrons. The van der Waals surface area contributed by atoms with E-state index in [-0.39, 0.29) is 12.1 Å². The Hall–Kier alpha value is -0.930. The summed E-state index contributed by atoms with van der Waals surface area (Å²) in [7, 11) is 0. The van der Waals surface area contributed by atoms with E-state index in [1.54, 1.807) is 0 Å². The molecule has 15 heavy (non-hydrogen) atoms. The first-order valence-electron chi connectivity index (χ1n) is 5.51. The smallest absolute Gasteiger partial charge is 0.0435 e. The second-order valence-electron chi connectivity index (χ2n) is 4.38. The van der Waals surface area contributed by atoms with Gasteiger partial charge in [-0.1, -0.05) is 6.07 Å². The van der Waals surface area contributed by atoms with Gasteiger partial charge in [-0.15, -0.1) is 0 Å². The predicted molar refractivity (Wildman–Crippen MR) is 63.5 cm³/mol. The topological polar surface area (TPSA) is 64.9 Å². The van der Waals surface area contributed by atoms with Gasteiger partial charge in [0.05, 0.1) is 0 Å². The van der Waals surface area contributed by atoms with Crippen LogP contribution in [0.4, 0.5) is 0 Å². The van der Waals surface area contributed by atoms with E-state index in [1.165, 1.54) is 0 Å². The molecular formula is C12H21N3. The van der Waals surface area contributed by atoms with Crippen LogP contribution in [0.15, 0.2) is 24.4 Å². The van der Waals surface area contributed by atoms with Gasteiger partial charge in [-0.25, -0.2) is 0 Å². The van der Waals surface area contributed by atoms with E-state index in [4.69, 9.17) is 11.5 Å². The summed E-state index contributed by atoms with van der Waals surface area (Å²) in [6.45, 7) is 4.05. The summed E-state index contributed by atoms with van der Waals surface area (Å²) < 4.78 is 0. The molecule has 1 rings (SSSR count). The van der Waals surface area contributed by atoms with Crippen LogP contribution < -0.4 is 11.5 Å². The molecule has 2 unspecified atom stereocenters. The predicted octanol–water partition coefficient (Wildman–Crippen LogP) is 1.64. The number of hydrogen-bond acceptors (Lipinski definition) is 3. The average Bonchev–Trinajstić information content (AvgIpc) is 2.17. The second-order valence-corrected chi connectivity index (χ2v) is 4.38. The molecule has 0 saturated heterocycles. The van der Waals surface area contributed by atoms with Crippen molar-refractivity contribution in [1.82, 2.24) is 4.98 Å². The second kappa shape index (κ2) is 5.83. The summed E-state index contributed by atoms with van der Waals surface area (Å²) in [6.07, 6.45) is 3.71. The highest BCUT2D eigenvalue weighted by Gasteiger charge is 2.16. The van der Waals surface area contributed by atoms with Gasteiger partial charge in [0.15, 0.2) is 0 Å². The quantitative estimate of drug-likeness (QED) is 0.771. The van der Waals surface area contributed by atoms with Crippen LogP contribution in [0.3, 0.4) is 0 Å². The van der Waals surface area contributed by atoms with Crippen LogP contribution in [-0.4, -0.2) is 17.1 Å². The molecule has 0 saturated carbocycles. The van der Waals surface area contributed by atoms with Gasteiger partial charge in [0.2, 0.25) is 0 Å². The van der Waals surface area contributed by atoms with Crippen LogP contribution in [-0.2, 0) is 0 Å². The fourth-order valence-electron chi connectivity index (χ4n) is 1.85. The standard InChI is InChI=1S/C12H21N3/c1-9(13)7-11(8-10(2)14)12-5-3-4-6-15-12/h3-6,9-11H,7-8,13-14H2,1-2H3. The lowest BCUT2D eigenvalue weighted by Crippen LogP contribution is -2.24. The van der Waals surface area contributed by atoms with Crippen molar-refractivity contribution in [2.45, 2.75) is 44.7 Å². The van der Waals surface area contributed by atoms with Crippen molar-refractivity contribution in [2.24, 2.45) is 11.5 Å². The Kier molecular flexibility index (Phi) is 4.72. The normalized spacial score (nSPS) is 17.1. The molecule has 4 N–H and O–H groups in total. The van der Waals surface area contributed by atoms with Crippen LogP contribution in [0.25, 0.3) is 0 Å².